The van der Waals surface area contributed by atoms with Crippen LogP contribution in [0, 0.1) is 5.82 Å². The SMILES string of the molecule is CN(Cc1ccccc1F)C(=O)CS(=O)(=O)Cc1csc(-c2ccccc2)n1. The van der Waals surface area contributed by atoms with Crippen LogP contribution in [0.15, 0.2) is 60.0 Å². The van der Waals surface area contributed by atoms with Gasteiger partial charge in [-0.1, -0.05) is 48.5 Å². The van der Waals surface area contributed by atoms with Crippen LogP contribution >= 0.6 is 11.3 Å². The van der Waals surface area contributed by atoms with E-state index in [4.69, 9.17) is 0 Å². The molecule has 28 heavy (non-hydrogen) atoms. The van der Waals surface area contributed by atoms with Crippen LogP contribution in [0.3, 0.4) is 0 Å². The van der Waals surface area contributed by atoms with Gasteiger partial charge in [0, 0.05) is 30.1 Å². The molecule has 3 rings (SSSR count). The highest BCUT2D eigenvalue weighted by atomic mass is 32.2. The Kier molecular flexibility index (Phi) is 6.21. The third kappa shape index (κ3) is 5.24. The Bertz CT molecular complexity index is 1070. The van der Waals surface area contributed by atoms with E-state index in [1.807, 2.05) is 30.3 Å². The first-order chi connectivity index (χ1) is 13.3. The molecule has 8 heteroatoms. The second kappa shape index (κ2) is 8.62. The molecule has 0 unspecified atom stereocenters. The first-order valence-electron chi connectivity index (χ1n) is 8.52. The highest BCUT2D eigenvalue weighted by Gasteiger charge is 2.22. The number of halogens is 1. The van der Waals surface area contributed by atoms with E-state index < -0.39 is 27.3 Å². The summed E-state index contributed by atoms with van der Waals surface area (Å²) < 4.78 is 38.6. The maximum absolute atomic E-state index is 13.7. The molecule has 0 bridgehead atoms. The van der Waals surface area contributed by atoms with Crippen molar-refractivity contribution >= 4 is 27.1 Å². The fourth-order valence-corrected chi connectivity index (χ4v) is 4.86. The van der Waals surface area contributed by atoms with Gasteiger partial charge < -0.3 is 4.90 Å². The van der Waals surface area contributed by atoms with E-state index in [-0.39, 0.29) is 12.3 Å². The van der Waals surface area contributed by atoms with Crippen molar-refractivity contribution in [1.82, 2.24) is 9.88 Å². The van der Waals surface area contributed by atoms with Crippen LogP contribution in [0.1, 0.15) is 11.3 Å². The molecule has 0 atom stereocenters. The van der Waals surface area contributed by atoms with Gasteiger partial charge >= 0.3 is 0 Å². The second-order valence-corrected chi connectivity index (χ2v) is 9.31. The molecule has 1 heterocycles. The van der Waals surface area contributed by atoms with Crippen molar-refractivity contribution in [3.05, 3.63) is 77.1 Å². The molecule has 0 N–H and O–H groups in total. The zero-order chi connectivity index (χ0) is 20.1. The van der Waals surface area contributed by atoms with E-state index in [0.717, 1.165) is 10.6 Å². The van der Waals surface area contributed by atoms with Gasteiger partial charge in [0.2, 0.25) is 5.91 Å². The summed E-state index contributed by atoms with van der Waals surface area (Å²) in [5.74, 6) is -1.96. The molecule has 0 fully saturated rings. The average Bonchev–Trinajstić information content (AvgIpc) is 3.11. The van der Waals surface area contributed by atoms with Crippen molar-refractivity contribution in [3.63, 3.8) is 0 Å². The third-order valence-corrected chi connectivity index (χ3v) is 6.44. The van der Waals surface area contributed by atoms with Crippen LogP contribution in [0.25, 0.3) is 10.6 Å². The smallest absolute Gasteiger partial charge is 0.237 e. The lowest BCUT2D eigenvalue weighted by Crippen LogP contribution is -2.32. The van der Waals surface area contributed by atoms with Crippen LogP contribution in [-0.4, -0.2) is 37.0 Å². The quantitative estimate of drug-likeness (QED) is 0.589. The van der Waals surface area contributed by atoms with Crippen LogP contribution in [0.2, 0.25) is 0 Å². The first-order valence-corrected chi connectivity index (χ1v) is 11.2. The lowest BCUT2D eigenvalue weighted by Gasteiger charge is -2.17. The van der Waals surface area contributed by atoms with E-state index in [2.05, 4.69) is 4.98 Å². The lowest BCUT2D eigenvalue weighted by atomic mass is 10.2. The van der Waals surface area contributed by atoms with E-state index in [0.29, 0.717) is 11.3 Å². The minimum absolute atomic E-state index is 0.00980. The average molecular weight is 419 g/mol. The standard InChI is InChI=1S/C20H19FN2O3S2/c1-23(11-16-9-5-6-10-18(16)21)19(24)14-28(25,26)13-17-12-27-20(22-17)15-7-3-2-4-8-15/h2-10,12H,11,13-14H2,1H3. The van der Waals surface area contributed by atoms with E-state index in [9.17, 15) is 17.6 Å². The molecule has 0 aliphatic rings. The van der Waals surface area contributed by atoms with Crippen molar-refractivity contribution in [2.75, 3.05) is 12.8 Å². The van der Waals surface area contributed by atoms with E-state index in [1.165, 1.54) is 29.4 Å². The minimum atomic E-state index is -3.69. The fourth-order valence-electron chi connectivity index (χ4n) is 2.63. The Morgan fingerprint density at radius 2 is 1.79 bits per heavy atom. The highest BCUT2D eigenvalue weighted by Crippen LogP contribution is 2.24. The molecule has 1 aromatic heterocycles. The monoisotopic (exact) mass is 418 g/mol. The maximum atomic E-state index is 13.7. The largest absolute Gasteiger partial charge is 0.340 e. The summed E-state index contributed by atoms with van der Waals surface area (Å²) in [6, 6.07) is 15.6. The number of carbonyl (C=O) groups excluding carboxylic acids is 1. The predicted molar refractivity (Wildman–Crippen MR) is 108 cm³/mol. The van der Waals surface area contributed by atoms with Crippen LogP contribution < -0.4 is 0 Å². The molecule has 0 spiro atoms. The molecule has 3 aromatic rings. The van der Waals surface area contributed by atoms with Gasteiger partial charge in [-0.2, -0.15) is 0 Å². The van der Waals surface area contributed by atoms with Gasteiger partial charge in [-0.05, 0) is 6.07 Å². The minimum Gasteiger partial charge on any atom is -0.340 e. The molecule has 0 aliphatic carbocycles. The Morgan fingerprint density at radius 1 is 1.11 bits per heavy atom. The number of aromatic nitrogens is 1. The number of rotatable bonds is 7. The van der Waals surface area contributed by atoms with Crippen molar-refractivity contribution in [1.29, 1.82) is 0 Å². The molecule has 5 nitrogen and oxygen atoms in total. The topological polar surface area (TPSA) is 67.3 Å². The van der Waals surface area contributed by atoms with Crippen LogP contribution in [0.4, 0.5) is 4.39 Å². The van der Waals surface area contributed by atoms with Gasteiger partial charge in [0.05, 0.1) is 11.4 Å². The Hall–Kier alpha value is -2.58. The number of nitrogens with zero attached hydrogens (tertiary/aromatic N) is 2. The first kappa shape index (κ1) is 20.2. The maximum Gasteiger partial charge on any atom is 0.237 e. The fraction of sp³-hybridized carbons (Fsp3) is 0.200. The highest BCUT2D eigenvalue weighted by molar-refractivity contribution is 7.91. The summed E-state index contributed by atoms with van der Waals surface area (Å²) in [5, 5.41) is 2.42. The number of thiazole rings is 1. The Morgan fingerprint density at radius 3 is 2.50 bits per heavy atom. The lowest BCUT2D eigenvalue weighted by molar-refractivity contribution is -0.127. The number of amides is 1. The van der Waals surface area contributed by atoms with Crippen LogP contribution in [-0.2, 0) is 26.9 Å². The van der Waals surface area contributed by atoms with E-state index >= 15 is 0 Å². The molecule has 0 saturated carbocycles. The molecule has 0 radical (unpaired) electrons. The van der Waals surface area contributed by atoms with Gasteiger partial charge in [0.25, 0.3) is 0 Å². The Balaban J connectivity index is 1.63. The summed E-state index contributed by atoms with van der Waals surface area (Å²) in [7, 11) is -2.23. The number of benzene rings is 2. The molecule has 0 aliphatic heterocycles. The van der Waals surface area contributed by atoms with Gasteiger partial charge in [-0.3, -0.25) is 4.79 Å². The summed E-state index contributed by atoms with van der Waals surface area (Å²) in [4.78, 5) is 17.9. The number of sulfone groups is 1. The number of hydrogen-bond acceptors (Lipinski definition) is 5. The van der Waals surface area contributed by atoms with Gasteiger partial charge in [-0.25, -0.2) is 17.8 Å². The van der Waals surface area contributed by atoms with Crippen molar-refractivity contribution in [3.8, 4) is 10.6 Å². The summed E-state index contributed by atoms with van der Waals surface area (Å²) in [6.07, 6.45) is 0. The predicted octanol–water partition coefficient (Wildman–Crippen LogP) is 3.52. The molecular formula is C20H19FN2O3S2. The molecule has 146 valence electrons. The third-order valence-electron chi connectivity index (χ3n) is 4.07. The molecule has 2 aromatic carbocycles. The zero-order valence-corrected chi connectivity index (χ0v) is 16.8. The van der Waals surface area contributed by atoms with Crippen molar-refractivity contribution in [2.24, 2.45) is 0 Å². The molecule has 0 saturated heterocycles. The second-order valence-electron chi connectivity index (χ2n) is 6.38. The zero-order valence-electron chi connectivity index (χ0n) is 15.2. The van der Waals surface area contributed by atoms with Crippen molar-refractivity contribution < 1.29 is 17.6 Å². The Labute approximate surface area is 167 Å². The normalized spacial score (nSPS) is 11.4. The van der Waals surface area contributed by atoms with Gasteiger partial charge in [-0.15, -0.1) is 11.3 Å². The molecule has 1 amide bonds. The van der Waals surface area contributed by atoms with Gasteiger partial charge in [0.15, 0.2) is 9.84 Å². The number of hydrogen-bond donors (Lipinski definition) is 0. The summed E-state index contributed by atoms with van der Waals surface area (Å²) in [5.41, 5.74) is 1.66. The van der Waals surface area contributed by atoms with Crippen LogP contribution in [0.5, 0.6) is 0 Å². The van der Waals surface area contributed by atoms with Gasteiger partial charge in [0.1, 0.15) is 16.6 Å². The van der Waals surface area contributed by atoms with Crippen molar-refractivity contribution in [2.45, 2.75) is 12.3 Å². The summed E-state index contributed by atoms with van der Waals surface area (Å²) >= 11 is 1.36. The summed E-state index contributed by atoms with van der Waals surface area (Å²) in [6.45, 7) is 0.00980. The number of carbonyl (C=O) groups is 1. The van der Waals surface area contributed by atoms with E-state index in [1.54, 1.807) is 23.6 Å². The molecular weight excluding hydrogens is 399 g/mol.